The summed E-state index contributed by atoms with van der Waals surface area (Å²) >= 11 is 3.98. The highest BCUT2D eigenvalue weighted by atomic mass is 32.2. The number of aliphatic hydroxyl groups excluding tert-OH is 1. The summed E-state index contributed by atoms with van der Waals surface area (Å²) in [6, 6.07) is 0.591. The van der Waals surface area contributed by atoms with Crippen molar-refractivity contribution in [3.05, 3.63) is 84.1 Å². The van der Waals surface area contributed by atoms with E-state index in [4.69, 9.17) is 17.2 Å². The second kappa shape index (κ2) is 48.2. The number of aliphatic hydroxyl groups is 1. The summed E-state index contributed by atoms with van der Waals surface area (Å²) in [4.78, 5) is 183. The van der Waals surface area contributed by atoms with Gasteiger partial charge < -0.3 is 95.4 Å². The lowest BCUT2D eigenvalue weighted by atomic mass is 10.00. The van der Waals surface area contributed by atoms with Crippen LogP contribution in [0.1, 0.15) is 140 Å². The smallest absolute Gasteiger partial charge is 0.245 e. The van der Waals surface area contributed by atoms with Crippen molar-refractivity contribution in [1.82, 2.24) is 73.0 Å². The maximum Gasteiger partial charge on any atom is 0.245 e. The number of aromatic hydroxyl groups is 1. The first kappa shape index (κ1) is 89.3. The maximum atomic E-state index is 15.2. The third kappa shape index (κ3) is 31.7. The normalized spacial score (nSPS) is 16.2. The standard InChI is InChI=1S/C73H112N18O14P2S2/c1-44(2)35-55(66(99)85-54(17-9-28-79-73(75)76)72(105)91-29-10-18-60(91)71(104)81-41-61(74)94)86-64(97)52(16-7-8-27-78-62(95)19-6-3-13-49(109-33-12-31-107)26-34-108-32-11-30-106)84-67(100)56(36-45-20-22-48(93)23-21-45)87-70(103)59(42-92)90-68(101)57(37-46-39-80-51-15-5-4-14-50(46)51)88-69(102)58(38-47-40-77-43-82-47)89-65(98)53-24-25-63(96)83-53/h4-5,14-15,20-23,39-40,43-44,49,52-60,80,92-93H,3,6-13,16-19,24-38,41-42,106-107H2,1-2H3,(H2,74,94)(H,77,82)(H,78,95)(H,81,104)(H,83,96)(H,84,100)(H,85,99)(H,86,97)(H,87,103)(H,88,102)(H,89,98)(H,90,101)(H4,75,76,79)/t49?,52-,53+,54+,55+,56+,57+,58+,59+,60+/m1/s1. The lowest BCUT2D eigenvalue weighted by molar-refractivity contribution is -0.142. The second-order valence-corrected chi connectivity index (χ2v) is 31.5. The summed E-state index contributed by atoms with van der Waals surface area (Å²) in [7, 11) is 5.56. The molecule has 6 rings (SSSR count). The zero-order valence-corrected chi connectivity index (χ0v) is 66.2. The number of hydrogen-bond donors (Lipinski definition) is 17. The van der Waals surface area contributed by atoms with Crippen LogP contribution in [0, 0.1) is 5.92 Å². The third-order valence-corrected chi connectivity index (χ3v) is 21.9. The number of rotatable bonds is 51. The van der Waals surface area contributed by atoms with Gasteiger partial charge in [-0.2, -0.15) is 23.5 Å². The van der Waals surface area contributed by atoms with Gasteiger partial charge in [-0.1, -0.05) is 50.6 Å². The summed E-state index contributed by atoms with van der Waals surface area (Å²) in [6.45, 7) is 2.52. The number of thioether (sulfide) groups is 2. The van der Waals surface area contributed by atoms with Crippen LogP contribution < -0.4 is 70.4 Å². The first-order valence-electron chi connectivity index (χ1n) is 37.5. The Morgan fingerprint density at radius 1 is 0.661 bits per heavy atom. The summed E-state index contributed by atoms with van der Waals surface area (Å²) in [5, 5.41) is 49.5. The van der Waals surface area contributed by atoms with Crippen LogP contribution in [0.4, 0.5) is 0 Å². The van der Waals surface area contributed by atoms with Gasteiger partial charge in [-0.05, 0) is 155 Å². The average Bonchev–Trinajstić information content (AvgIpc) is 1.72. The van der Waals surface area contributed by atoms with Crippen molar-refractivity contribution in [2.45, 2.75) is 202 Å². The van der Waals surface area contributed by atoms with E-state index < -0.39 is 127 Å². The van der Waals surface area contributed by atoms with Gasteiger partial charge >= 0.3 is 0 Å². The number of para-hydroxylation sites is 1. The number of aliphatic imine (C=N–C) groups is 1. The number of nitrogens with one attached hydrogen (secondary N) is 12. The molecule has 2 aliphatic heterocycles. The predicted molar refractivity (Wildman–Crippen MR) is 426 cm³/mol. The minimum atomic E-state index is -1.81. The molecule has 2 aliphatic rings. The number of carbonyl (C=O) groups is 12. The third-order valence-electron chi connectivity index (χ3n) is 18.5. The van der Waals surface area contributed by atoms with Crippen LogP contribution >= 0.6 is 42.0 Å². The number of benzene rings is 2. The van der Waals surface area contributed by atoms with E-state index in [9.17, 15) is 58.2 Å². The van der Waals surface area contributed by atoms with Gasteiger partial charge in [0.05, 0.1) is 19.5 Å². The van der Waals surface area contributed by atoms with Crippen molar-refractivity contribution in [2.24, 2.45) is 28.1 Å². The monoisotopic (exact) mass is 1590 g/mol. The van der Waals surface area contributed by atoms with E-state index in [1.165, 1.54) is 41.7 Å². The fourth-order valence-electron chi connectivity index (χ4n) is 12.7. The predicted octanol–water partition coefficient (Wildman–Crippen LogP) is 0.584. The molecule has 109 heavy (non-hydrogen) atoms. The molecule has 4 aromatic rings. The molecule has 4 heterocycles. The van der Waals surface area contributed by atoms with Crippen LogP contribution in [0.15, 0.2) is 72.2 Å². The molecule has 0 spiro atoms. The second-order valence-electron chi connectivity index (χ2n) is 27.7. The number of primary amides is 1. The van der Waals surface area contributed by atoms with E-state index in [1.54, 1.807) is 44.3 Å². The highest BCUT2D eigenvalue weighted by Crippen LogP contribution is 2.26. The van der Waals surface area contributed by atoms with Gasteiger partial charge in [-0.15, -0.1) is 18.5 Å². The van der Waals surface area contributed by atoms with E-state index >= 15 is 9.59 Å². The van der Waals surface area contributed by atoms with Crippen molar-refractivity contribution in [1.29, 1.82) is 0 Å². The Kier molecular flexibility index (Phi) is 39.5. The van der Waals surface area contributed by atoms with Gasteiger partial charge in [-0.25, -0.2) is 4.98 Å². The lowest BCUT2D eigenvalue weighted by Crippen LogP contribution is -2.61. The van der Waals surface area contributed by atoms with Gasteiger partial charge in [0.25, 0.3) is 0 Å². The van der Waals surface area contributed by atoms with E-state index in [-0.39, 0.29) is 120 Å². The molecule has 12 amide bonds. The summed E-state index contributed by atoms with van der Waals surface area (Å²) in [5.74, 6) is -5.91. The number of aromatic nitrogens is 3. The van der Waals surface area contributed by atoms with Gasteiger partial charge in [-0.3, -0.25) is 62.5 Å². The number of imidazole rings is 1. The average molecular weight is 1590 g/mol. The minimum Gasteiger partial charge on any atom is -0.508 e. The molecule has 0 bridgehead atoms. The van der Waals surface area contributed by atoms with E-state index in [2.05, 4.69) is 91.6 Å². The number of H-pyrrole nitrogens is 2. The number of amides is 12. The molecular formula is C73H112N18O14P2S2. The molecule has 600 valence electrons. The Morgan fingerprint density at radius 3 is 1.96 bits per heavy atom. The lowest BCUT2D eigenvalue weighted by Gasteiger charge is -2.30. The van der Waals surface area contributed by atoms with Crippen LogP contribution in [0.25, 0.3) is 10.9 Å². The zero-order chi connectivity index (χ0) is 79.2. The summed E-state index contributed by atoms with van der Waals surface area (Å²) in [6.07, 6.45) is 13.9. The summed E-state index contributed by atoms with van der Waals surface area (Å²) in [5.41, 5.74) is 18.6. The van der Waals surface area contributed by atoms with E-state index in [1.807, 2.05) is 23.5 Å². The molecule has 12 atom stereocenters. The topological polar surface area (TPSA) is 504 Å². The number of nitrogens with two attached hydrogens (primary N) is 3. The number of nitrogens with zero attached hydrogens (tertiary/aromatic N) is 3. The number of unbranched alkanes of at least 4 members (excludes halogenated alkanes) is 2. The van der Waals surface area contributed by atoms with Crippen molar-refractivity contribution in [3.8, 4) is 5.75 Å². The van der Waals surface area contributed by atoms with Crippen molar-refractivity contribution in [2.75, 3.05) is 62.4 Å². The molecule has 2 saturated heterocycles. The van der Waals surface area contributed by atoms with Crippen molar-refractivity contribution in [3.63, 3.8) is 0 Å². The quantitative estimate of drug-likeness (QED) is 0.0124. The number of guanidine groups is 1. The molecule has 32 nitrogen and oxygen atoms in total. The van der Waals surface area contributed by atoms with Gasteiger partial charge in [0.2, 0.25) is 70.9 Å². The van der Waals surface area contributed by atoms with Crippen LogP contribution in [0.3, 0.4) is 0 Å². The van der Waals surface area contributed by atoms with Crippen LogP contribution in [-0.2, 0) is 76.8 Å². The number of aromatic amines is 2. The number of carbonyl (C=O) groups excluding carboxylic acids is 12. The number of fused-ring (bicyclic) bond motifs is 1. The van der Waals surface area contributed by atoms with Gasteiger partial charge in [0, 0.05) is 86.0 Å². The maximum absolute atomic E-state index is 15.2. The Hall–Kier alpha value is -8.58. The van der Waals surface area contributed by atoms with Crippen LogP contribution in [-0.4, -0.2) is 229 Å². The minimum absolute atomic E-state index is 0.0138. The molecular weight excluding hydrogens is 1480 g/mol. The molecule has 0 saturated carbocycles. The molecule has 0 aliphatic carbocycles. The highest BCUT2D eigenvalue weighted by Gasteiger charge is 2.40. The Morgan fingerprint density at radius 2 is 1.29 bits per heavy atom. The molecule has 3 unspecified atom stereocenters. The fourth-order valence-corrected chi connectivity index (χ4v) is 16.1. The first-order valence-corrected chi connectivity index (χ1v) is 41.3. The molecule has 2 aromatic carbocycles. The first-order chi connectivity index (χ1) is 52.4. The highest BCUT2D eigenvalue weighted by molar-refractivity contribution is 8.00. The number of likely N-dealkylation sites (tertiary alicyclic amines) is 1. The molecule has 2 fully saturated rings. The van der Waals surface area contributed by atoms with Crippen molar-refractivity contribution >= 4 is 130 Å². The van der Waals surface area contributed by atoms with Gasteiger partial charge in [0.1, 0.15) is 60.1 Å². The Labute approximate surface area is 649 Å². The Bertz CT molecular complexity index is 3650. The number of hydrogen-bond acceptors (Lipinski definition) is 18. The zero-order valence-electron chi connectivity index (χ0n) is 62.3. The van der Waals surface area contributed by atoms with Crippen LogP contribution in [0.5, 0.6) is 5.75 Å². The largest absolute Gasteiger partial charge is 0.508 e. The van der Waals surface area contributed by atoms with E-state index in [0.29, 0.717) is 58.7 Å². The number of phenols is 1. The SMILES string of the molecule is CC(C)C[C@H](NC(=O)[C@@H](CCCCNC(=O)CCCCC(CCSCCCP)SCCCP)NC(=O)[C@H](Cc1ccc(O)cc1)NC(=O)[C@H](CO)NC(=O)[C@H](Cc1c[nH]c2ccccc12)NC(=O)[C@H](Cc1cnc[nH]1)NC(=O)[C@@H]1CCC(=O)N1)C(=O)N[C@@H](CCCN=C(N)N)C(=O)N1CCC[C@H]1C(=O)NCC(N)=O. The fraction of sp³-hybridized carbons (Fsp3) is 0.589. The van der Waals surface area contributed by atoms with E-state index in [0.717, 1.165) is 61.7 Å². The molecule has 2 aromatic heterocycles. The van der Waals surface area contributed by atoms with Gasteiger partial charge in [0.15, 0.2) is 5.96 Å². The molecule has 0 radical (unpaired) electrons. The Balaban J connectivity index is 1.25. The van der Waals surface area contributed by atoms with Crippen LogP contribution in [0.2, 0.25) is 0 Å². The number of phenolic OH excluding ortho intramolecular Hbond substituents is 1. The van der Waals surface area contributed by atoms with Crippen molar-refractivity contribution < 1.29 is 67.7 Å². The summed E-state index contributed by atoms with van der Waals surface area (Å²) < 4.78 is 0. The molecule has 36 heteroatoms. The molecule has 20 N–H and O–H groups in total.